The van der Waals surface area contributed by atoms with Crippen LogP contribution in [0, 0.1) is 0 Å². The van der Waals surface area contributed by atoms with Gasteiger partial charge in [0.05, 0.1) is 0 Å². The molecule has 0 aliphatic heterocycles. The van der Waals surface area contributed by atoms with Crippen molar-refractivity contribution in [1.82, 2.24) is 0 Å². The first-order valence-electron chi connectivity index (χ1n) is 0. The molecule has 18 valence electrons. The Bertz CT molecular complexity index is 3.25. The van der Waals surface area contributed by atoms with Gasteiger partial charge in [0.2, 0.25) is 0 Å². The first kappa shape index (κ1) is 28.8. The van der Waals surface area contributed by atoms with Gasteiger partial charge in [0.25, 0.3) is 0 Å². The van der Waals surface area contributed by atoms with Gasteiger partial charge in [-0.1, -0.05) is 0 Å². The summed E-state index contributed by atoms with van der Waals surface area (Å²) >= 11 is 0. The van der Waals surface area contributed by atoms with E-state index in [1.165, 1.54) is 0 Å². The van der Waals surface area contributed by atoms with Gasteiger partial charge in [-0.2, -0.15) is 0 Å². The summed E-state index contributed by atoms with van der Waals surface area (Å²) in [6.07, 6.45) is 0. The van der Waals surface area contributed by atoms with Crippen molar-refractivity contribution < 1.29 is 67.1 Å². The Kier molecular flexibility index (Phi) is 122. The molecule has 0 saturated carbocycles. The molecular weight excluding hydrogens is 348 g/mol. The van der Waals surface area contributed by atoms with Gasteiger partial charge in [-0.15, -0.1) is 0 Å². The largest absolute Gasteiger partial charge is 0 e. The minimum absolute atomic E-state index is 0. The Morgan fingerprint density at radius 3 is 0.500 bits per heavy atom. The van der Waals surface area contributed by atoms with Gasteiger partial charge < -0.3 is 0 Å². The van der Waals surface area contributed by atoms with Crippen molar-refractivity contribution in [1.29, 1.82) is 0 Å². The maximum atomic E-state index is 0. The van der Waals surface area contributed by atoms with Crippen LogP contribution in [0.1, 0.15) is 0 Å². The van der Waals surface area contributed by atoms with E-state index < -0.39 is 0 Å². The van der Waals surface area contributed by atoms with E-state index >= 15 is 0 Å². The molecule has 0 nitrogen and oxygen atoms in total. The maximum absolute atomic E-state index is 0. The third kappa shape index (κ3) is 8.85. The van der Waals surface area contributed by atoms with Gasteiger partial charge in [0, 0.05) is 86.9 Å². The smallest absolute Gasteiger partial charge is 0 e. The van der Waals surface area contributed by atoms with E-state index in [4.69, 9.17) is 0 Å². The summed E-state index contributed by atoms with van der Waals surface area (Å²) in [4.78, 5) is 0. The van der Waals surface area contributed by atoms with E-state index in [1.807, 2.05) is 0 Å². The minimum Gasteiger partial charge on any atom is 0 e. The van der Waals surface area contributed by atoms with Crippen LogP contribution in [0.25, 0.3) is 0 Å². The molecule has 0 amide bonds. The first-order chi connectivity index (χ1) is 0. The van der Waals surface area contributed by atoms with Crippen LogP contribution >= 0.6 is 0 Å². The van der Waals surface area contributed by atoms with Crippen LogP contribution in [-0.2, 0) is 67.1 Å². The normalized spacial score (nSPS) is 0. The van der Waals surface area contributed by atoms with Gasteiger partial charge in [-0.25, -0.2) is 0 Å². The Morgan fingerprint density at radius 1 is 0.500 bits per heavy atom. The summed E-state index contributed by atoms with van der Waals surface area (Å²) in [5.74, 6) is 0. The third-order valence-corrected chi connectivity index (χ3v) is 0. The van der Waals surface area contributed by atoms with Crippen molar-refractivity contribution in [3.8, 4) is 0 Å². The van der Waals surface area contributed by atoms with Crippen LogP contribution in [0.15, 0.2) is 0 Å². The molecule has 0 saturated heterocycles. The molecule has 0 rings (SSSR count). The van der Waals surface area contributed by atoms with E-state index in [2.05, 4.69) is 0 Å². The molecule has 0 atom stereocenters. The molecule has 0 unspecified atom stereocenters. The van der Waals surface area contributed by atoms with Crippen molar-refractivity contribution in [3.05, 3.63) is 0 Å². The van der Waals surface area contributed by atoms with Crippen molar-refractivity contribution in [3.63, 3.8) is 0 Å². The summed E-state index contributed by atoms with van der Waals surface area (Å²) < 4.78 is 0. The molecule has 0 aliphatic rings. The van der Waals surface area contributed by atoms with Crippen molar-refractivity contribution >= 4 is 19.8 Å². The van der Waals surface area contributed by atoms with E-state index in [9.17, 15) is 0 Å². The van der Waals surface area contributed by atoms with Gasteiger partial charge in [0.15, 0.2) is 0 Å². The molecule has 0 aromatic rings. The molecule has 0 bridgehead atoms. The van der Waals surface area contributed by atoms with E-state index in [0.717, 1.165) is 0 Å². The Balaban J connectivity index is 0. The van der Waals surface area contributed by atoms with Crippen LogP contribution < -0.4 is 0 Å². The maximum Gasteiger partial charge on any atom is 0 e. The number of hydrogen-bond acceptors (Lipinski definition) is 0. The monoisotopic (exact) mass is 348 g/mol. The Morgan fingerprint density at radius 2 is 0.500 bits per heavy atom. The zero-order chi connectivity index (χ0) is 0. The fourth-order valence-corrected chi connectivity index (χ4v) is 0. The average Bonchev–Trinajstić information content (AvgIpc) is 0. The SMILES string of the molecule is [Ga].[Nb].[Nb].[Nb]. The molecule has 0 heterocycles. The molecular formula is GaNb3. The number of rotatable bonds is 0. The van der Waals surface area contributed by atoms with Gasteiger partial charge in [0.1, 0.15) is 0 Å². The van der Waals surface area contributed by atoms with Crippen molar-refractivity contribution in [2.45, 2.75) is 0 Å². The van der Waals surface area contributed by atoms with Crippen molar-refractivity contribution in [2.24, 2.45) is 0 Å². The quantitative estimate of drug-likeness (QED) is 0.523. The van der Waals surface area contributed by atoms with Crippen LogP contribution in [0.2, 0.25) is 0 Å². The second kappa shape index (κ2) is 16.9. The van der Waals surface area contributed by atoms with Gasteiger partial charge >= 0.3 is 0 Å². The van der Waals surface area contributed by atoms with Crippen LogP contribution in [0.3, 0.4) is 0 Å². The van der Waals surface area contributed by atoms with Crippen LogP contribution in [0.5, 0.6) is 0 Å². The fourth-order valence-electron chi connectivity index (χ4n) is 0. The Labute approximate surface area is 85.4 Å². The predicted octanol–water partition coefficient (Wildman–Crippen LogP) is -0.388. The second-order valence-electron chi connectivity index (χ2n) is 0. The standard InChI is InChI=1S/Ga.3Nb. The van der Waals surface area contributed by atoms with Gasteiger partial charge in [-0.3, -0.25) is 0 Å². The molecule has 0 fully saturated rings. The summed E-state index contributed by atoms with van der Waals surface area (Å²) in [5.41, 5.74) is 0. The molecule has 6 radical (unpaired) electrons. The summed E-state index contributed by atoms with van der Waals surface area (Å²) in [6.45, 7) is 0. The summed E-state index contributed by atoms with van der Waals surface area (Å²) in [6, 6.07) is 0. The Hall–Kier alpha value is 2.86. The van der Waals surface area contributed by atoms with Crippen LogP contribution in [0.4, 0.5) is 0 Å². The zero-order valence-electron chi connectivity index (χ0n) is 1.92. The van der Waals surface area contributed by atoms with E-state index in [0.29, 0.717) is 0 Å². The van der Waals surface area contributed by atoms with Crippen LogP contribution in [-0.4, -0.2) is 19.8 Å². The third-order valence-electron chi connectivity index (χ3n) is 0. The van der Waals surface area contributed by atoms with Crippen molar-refractivity contribution in [2.75, 3.05) is 0 Å². The molecule has 4 heavy (non-hydrogen) atoms. The molecule has 4 heteroatoms. The van der Waals surface area contributed by atoms with E-state index in [1.54, 1.807) is 0 Å². The van der Waals surface area contributed by atoms with Gasteiger partial charge in [-0.05, 0) is 0 Å². The predicted molar refractivity (Wildman–Crippen MR) is 5.75 cm³/mol. The summed E-state index contributed by atoms with van der Waals surface area (Å²) in [5, 5.41) is 0. The molecule has 0 aliphatic carbocycles. The molecule has 0 aromatic carbocycles. The molecule has 0 aromatic heterocycles. The molecule has 0 spiro atoms. The number of hydrogen-bond donors (Lipinski definition) is 0. The second-order valence-corrected chi connectivity index (χ2v) is 0. The topological polar surface area (TPSA) is 0 Å². The first-order valence-corrected chi connectivity index (χ1v) is 0. The minimum atomic E-state index is 0. The average molecular weight is 348 g/mol. The summed E-state index contributed by atoms with van der Waals surface area (Å²) in [7, 11) is 0. The van der Waals surface area contributed by atoms with E-state index in [-0.39, 0.29) is 86.9 Å². The zero-order valence-corrected chi connectivity index (χ0v) is 10.9. The molecule has 0 N–H and O–H groups in total. The fraction of sp³-hybridized carbons (Fsp3) is 0.